The number of ether oxygens (including phenoxy) is 2. The van der Waals surface area contributed by atoms with Crippen LogP contribution >= 0.6 is 0 Å². The van der Waals surface area contributed by atoms with E-state index in [-0.39, 0.29) is 18.1 Å². The van der Waals surface area contributed by atoms with Crippen molar-refractivity contribution in [1.29, 1.82) is 0 Å². The predicted molar refractivity (Wildman–Crippen MR) is 67.9 cm³/mol. The van der Waals surface area contributed by atoms with Crippen LogP contribution in [0.5, 0.6) is 11.5 Å². The van der Waals surface area contributed by atoms with Crippen LogP contribution in [0.3, 0.4) is 0 Å². The minimum Gasteiger partial charge on any atom is -0.486 e. The maximum atomic E-state index is 11.6. The van der Waals surface area contributed by atoms with E-state index in [2.05, 4.69) is 10.6 Å². The number of amides is 1. The van der Waals surface area contributed by atoms with Crippen LogP contribution in [-0.2, 0) is 4.79 Å². The van der Waals surface area contributed by atoms with Gasteiger partial charge < -0.3 is 20.1 Å². The van der Waals surface area contributed by atoms with Crippen LogP contribution in [0.1, 0.15) is 6.92 Å². The van der Waals surface area contributed by atoms with E-state index in [4.69, 9.17) is 9.47 Å². The Bertz CT molecular complexity index is 422. The van der Waals surface area contributed by atoms with Crippen molar-refractivity contribution in [3.8, 4) is 11.5 Å². The van der Waals surface area contributed by atoms with Crippen molar-refractivity contribution in [3.05, 3.63) is 24.3 Å². The fourth-order valence-corrected chi connectivity index (χ4v) is 1.66. The highest BCUT2D eigenvalue weighted by atomic mass is 16.6. The van der Waals surface area contributed by atoms with Crippen molar-refractivity contribution < 1.29 is 14.3 Å². The van der Waals surface area contributed by atoms with Crippen molar-refractivity contribution in [3.63, 3.8) is 0 Å². The summed E-state index contributed by atoms with van der Waals surface area (Å²) in [5, 5.41) is 5.71. The van der Waals surface area contributed by atoms with E-state index in [1.54, 1.807) is 7.05 Å². The monoisotopic (exact) mass is 250 g/mol. The molecule has 0 aromatic heterocycles. The summed E-state index contributed by atoms with van der Waals surface area (Å²) < 4.78 is 11.3. The molecule has 0 radical (unpaired) electrons. The Morgan fingerprint density at radius 3 is 2.89 bits per heavy atom. The maximum Gasteiger partial charge on any atom is 0.236 e. The SMILES string of the molecule is CNC(C)C(=O)NCC1COc2ccccc2O1. The molecule has 1 aliphatic heterocycles. The normalized spacial score (nSPS) is 19.1. The highest BCUT2D eigenvalue weighted by Crippen LogP contribution is 2.30. The average molecular weight is 250 g/mol. The van der Waals surface area contributed by atoms with Crippen molar-refractivity contribution in [2.75, 3.05) is 20.2 Å². The molecular weight excluding hydrogens is 232 g/mol. The van der Waals surface area contributed by atoms with Crippen LogP contribution in [0.4, 0.5) is 0 Å². The largest absolute Gasteiger partial charge is 0.486 e. The zero-order valence-corrected chi connectivity index (χ0v) is 10.6. The highest BCUT2D eigenvalue weighted by Gasteiger charge is 2.21. The Morgan fingerprint density at radius 1 is 1.44 bits per heavy atom. The van der Waals surface area contributed by atoms with Gasteiger partial charge in [-0.2, -0.15) is 0 Å². The van der Waals surface area contributed by atoms with Gasteiger partial charge in [-0.3, -0.25) is 4.79 Å². The number of fused-ring (bicyclic) bond motifs is 1. The van der Waals surface area contributed by atoms with Gasteiger partial charge in [-0.1, -0.05) is 12.1 Å². The minimum absolute atomic E-state index is 0.0417. The lowest BCUT2D eigenvalue weighted by atomic mass is 10.2. The van der Waals surface area contributed by atoms with Gasteiger partial charge >= 0.3 is 0 Å². The molecule has 5 heteroatoms. The molecule has 18 heavy (non-hydrogen) atoms. The second kappa shape index (κ2) is 5.73. The molecule has 2 rings (SSSR count). The highest BCUT2D eigenvalue weighted by molar-refractivity contribution is 5.81. The molecular formula is C13H18N2O3. The molecule has 0 aliphatic carbocycles. The molecule has 0 saturated carbocycles. The van der Waals surface area contributed by atoms with E-state index in [0.29, 0.717) is 13.2 Å². The van der Waals surface area contributed by atoms with Gasteiger partial charge in [-0.25, -0.2) is 0 Å². The summed E-state index contributed by atoms with van der Waals surface area (Å²) in [5.74, 6) is 1.44. The number of benzene rings is 1. The third kappa shape index (κ3) is 2.92. The van der Waals surface area contributed by atoms with Gasteiger partial charge in [0.05, 0.1) is 12.6 Å². The summed E-state index contributed by atoms with van der Waals surface area (Å²) in [4.78, 5) is 11.6. The molecule has 1 heterocycles. The first-order chi connectivity index (χ1) is 8.70. The standard InChI is InChI=1S/C13H18N2O3/c1-9(14-2)13(16)15-7-10-8-17-11-5-3-4-6-12(11)18-10/h3-6,9-10,14H,7-8H2,1-2H3,(H,15,16). The van der Waals surface area contributed by atoms with Gasteiger partial charge in [0.15, 0.2) is 11.5 Å². The quantitative estimate of drug-likeness (QED) is 0.819. The fourth-order valence-electron chi connectivity index (χ4n) is 1.66. The smallest absolute Gasteiger partial charge is 0.236 e. The van der Waals surface area contributed by atoms with Crippen LogP contribution in [0.25, 0.3) is 0 Å². The number of carbonyl (C=O) groups is 1. The van der Waals surface area contributed by atoms with Crippen LogP contribution in [0.15, 0.2) is 24.3 Å². The Balaban J connectivity index is 1.85. The van der Waals surface area contributed by atoms with Crippen molar-refractivity contribution in [2.45, 2.75) is 19.1 Å². The summed E-state index contributed by atoms with van der Waals surface area (Å²) >= 11 is 0. The molecule has 0 bridgehead atoms. The van der Waals surface area contributed by atoms with E-state index < -0.39 is 0 Å². The average Bonchev–Trinajstić information content (AvgIpc) is 2.43. The van der Waals surface area contributed by atoms with Crippen molar-refractivity contribution in [2.24, 2.45) is 0 Å². The number of hydrogen-bond donors (Lipinski definition) is 2. The van der Waals surface area contributed by atoms with Gasteiger partial charge in [-0.15, -0.1) is 0 Å². The summed E-state index contributed by atoms with van der Waals surface area (Å²) in [6.45, 7) is 2.70. The van der Waals surface area contributed by atoms with Gasteiger partial charge in [0.2, 0.25) is 5.91 Å². The predicted octanol–water partition coefficient (Wildman–Crippen LogP) is 0.550. The second-order valence-corrected chi connectivity index (χ2v) is 4.25. The Kier molecular flexibility index (Phi) is 4.04. The molecule has 1 aliphatic rings. The summed E-state index contributed by atoms with van der Waals surface area (Å²) in [7, 11) is 1.75. The lowest BCUT2D eigenvalue weighted by molar-refractivity contribution is -0.123. The van der Waals surface area contributed by atoms with Gasteiger partial charge in [0, 0.05) is 0 Å². The zero-order chi connectivity index (χ0) is 13.0. The van der Waals surface area contributed by atoms with Gasteiger partial charge in [0.1, 0.15) is 12.7 Å². The molecule has 98 valence electrons. The number of hydrogen-bond acceptors (Lipinski definition) is 4. The number of nitrogens with one attached hydrogen (secondary N) is 2. The summed E-state index contributed by atoms with van der Waals surface area (Å²) in [6, 6.07) is 7.32. The zero-order valence-electron chi connectivity index (χ0n) is 10.6. The first kappa shape index (κ1) is 12.7. The number of likely N-dealkylation sites (N-methyl/N-ethyl adjacent to an activating group) is 1. The Morgan fingerprint density at radius 2 is 2.17 bits per heavy atom. The first-order valence-corrected chi connectivity index (χ1v) is 6.04. The van der Waals surface area contributed by atoms with E-state index in [9.17, 15) is 4.79 Å². The van der Waals surface area contributed by atoms with Crippen LogP contribution in [-0.4, -0.2) is 38.3 Å². The van der Waals surface area contributed by atoms with E-state index >= 15 is 0 Å². The van der Waals surface area contributed by atoms with Gasteiger partial charge in [0.25, 0.3) is 0 Å². The topological polar surface area (TPSA) is 59.6 Å². The molecule has 1 amide bonds. The maximum absolute atomic E-state index is 11.6. The van der Waals surface area contributed by atoms with Crippen LogP contribution in [0, 0.1) is 0 Å². The molecule has 1 aromatic carbocycles. The Hall–Kier alpha value is -1.75. The number of para-hydroxylation sites is 2. The second-order valence-electron chi connectivity index (χ2n) is 4.25. The molecule has 2 unspecified atom stereocenters. The fraction of sp³-hybridized carbons (Fsp3) is 0.462. The van der Waals surface area contributed by atoms with Crippen molar-refractivity contribution >= 4 is 5.91 Å². The summed E-state index contributed by atoms with van der Waals surface area (Å²) in [5.41, 5.74) is 0. The van der Waals surface area contributed by atoms with E-state index in [0.717, 1.165) is 11.5 Å². The third-order valence-corrected chi connectivity index (χ3v) is 2.90. The lowest BCUT2D eigenvalue weighted by Crippen LogP contribution is -2.46. The number of rotatable bonds is 4. The molecule has 0 saturated heterocycles. The molecule has 5 nitrogen and oxygen atoms in total. The lowest BCUT2D eigenvalue weighted by Gasteiger charge is -2.26. The first-order valence-electron chi connectivity index (χ1n) is 6.04. The Labute approximate surface area is 106 Å². The molecule has 2 atom stereocenters. The van der Waals surface area contributed by atoms with E-state index in [1.807, 2.05) is 31.2 Å². The summed E-state index contributed by atoms with van der Waals surface area (Å²) in [6.07, 6.45) is -0.145. The number of carbonyl (C=O) groups excluding carboxylic acids is 1. The minimum atomic E-state index is -0.207. The van der Waals surface area contributed by atoms with Crippen molar-refractivity contribution in [1.82, 2.24) is 10.6 Å². The van der Waals surface area contributed by atoms with Gasteiger partial charge in [-0.05, 0) is 26.1 Å². The third-order valence-electron chi connectivity index (χ3n) is 2.90. The van der Waals surface area contributed by atoms with Crippen LogP contribution in [0.2, 0.25) is 0 Å². The molecule has 2 N–H and O–H groups in total. The molecule has 1 aromatic rings. The van der Waals surface area contributed by atoms with Crippen LogP contribution < -0.4 is 20.1 Å². The van der Waals surface area contributed by atoms with E-state index in [1.165, 1.54) is 0 Å². The molecule has 0 fully saturated rings. The molecule has 0 spiro atoms.